The number of aromatic amines is 1. The maximum Gasteiger partial charge on any atom is 0.175 e. The van der Waals surface area contributed by atoms with Crippen molar-refractivity contribution in [1.82, 2.24) is 9.88 Å². The van der Waals surface area contributed by atoms with Crippen LogP contribution in [0.3, 0.4) is 0 Å². The summed E-state index contributed by atoms with van der Waals surface area (Å²) in [6, 6.07) is 6.12. The van der Waals surface area contributed by atoms with E-state index in [2.05, 4.69) is 16.9 Å². The summed E-state index contributed by atoms with van der Waals surface area (Å²) >= 11 is 0. The minimum absolute atomic E-state index is 0.426. The van der Waals surface area contributed by atoms with Crippen LogP contribution < -0.4 is 0 Å². The second-order valence-corrected chi connectivity index (χ2v) is 9.62. The van der Waals surface area contributed by atoms with E-state index in [0.717, 1.165) is 17.3 Å². The number of H-pyrrole nitrogens is 1. The van der Waals surface area contributed by atoms with Crippen LogP contribution in [-0.2, 0) is 16.3 Å². The molecule has 4 rings (SSSR count). The normalized spacial score (nSPS) is 23.0. The Bertz CT molecular complexity index is 865. The summed E-state index contributed by atoms with van der Waals surface area (Å²) in [4.78, 5) is 6.49. The van der Waals surface area contributed by atoms with Crippen molar-refractivity contribution in [3.63, 3.8) is 0 Å². The van der Waals surface area contributed by atoms with Gasteiger partial charge in [-0.25, -0.2) is 8.42 Å². The third-order valence-corrected chi connectivity index (χ3v) is 7.07. The number of fused-ring (bicyclic) bond motifs is 1. The summed E-state index contributed by atoms with van der Waals surface area (Å²) in [5.74, 6) is 0.626. The molecule has 0 radical (unpaired) electrons. The fourth-order valence-electron chi connectivity index (χ4n) is 4.22. The second-order valence-electron chi connectivity index (χ2n) is 7.61. The third-order valence-electron chi connectivity index (χ3n) is 5.96. The minimum atomic E-state index is -3.18. The van der Waals surface area contributed by atoms with E-state index in [0.29, 0.717) is 16.9 Å². The molecular formula is C19H26N2O2S. The van der Waals surface area contributed by atoms with Crippen LogP contribution in [0.15, 0.2) is 23.1 Å². The van der Waals surface area contributed by atoms with E-state index in [4.69, 9.17) is 0 Å². The van der Waals surface area contributed by atoms with Gasteiger partial charge in [0.05, 0.1) is 4.90 Å². The molecule has 0 bridgehead atoms. The highest BCUT2D eigenvalue weighted by molar-refractivity contribution is 7.90. The Hall–Kier alpha value is -1.33. The van der Waals surface area contributed by atoms with Crippen LogP contribution in [0, 0.1) is 0 Å². The maximum absolute atomic E-state index is 12.0. The third kappa shape index (κ3) is 2.78. The zero-order valence-electron chi connectivity index (χ0n) is 14.5. The van der Waals surface area contributed by atoms with Crippen LogP contribution in [-0.4, -0.2) is 44.2 Å². The van der Waals surface area contributed by atoms with Gasteiger partial charge in [-0.1, -0.05) is 6.42 Å². The average molecular weight is 346 g/mol. The molecule has 2 aliphatic rings. The lowest BCUT2D eigenvalue weighted by Crippen LogP contribution is -2.27. The van der Waals surface area contributed by atoms with Crippen molar-refractivity contribution in [2.45, 2.75) is 55.4 Å². The van der Waals surface area contributed by atoms with Gasteiger partial charge < -0.3 is 9.88 Å². The lowest BCUT2D eigenvalue weighted by atomic mass is 9.80. The van der Waals surface area contributed by atoms with Crippen molar-refractivity contribution >= 4 is 20.7 Å². The lowest BCUT2D eigenvalue weighted by molar-refractivity contribution is 0.308. The molecule has 1 saturated carbocycles. The topological polar surface area (TPSA) is 53.2 Å². The smallest absolute Gasteiger partial charge is 0.175 e. The van der Waals surface area contributed by atoms with E-state index in [9.17, 15) is 8.42 Å². The summed E-state index contributed by atoms with van der Waals surface area (Å²) in [5.41, 5.74) is 3.81. The second kappa shape index (κ2) is 5.88. The van der Waals surface area contributed by atoms with Crippen LogP contribution in [0.1, 0.15) is 49.3 Å². The molecule has 4 nitrogen and oxygen atoms in total. The van der Waals surface area contributed by atoms with Gasteiger partial charge in [-0.05, 0) is 75.4 Å². The average Bonchev–Trinajstić information content (AvgIpc) is 3.01. The predicted molar refractivity (Wildman–Crippen MR) is 97.4 cm³/mol. The van der Waals surface area contributed by atoms with Gasteiger partial charge in [-0.2, -0.15) is 0 Å². The molecule has 5 heteroatoms. The first-order chi connectivity index (χ1) is 11.4. The number of hydrogen-bond donors (Lipinski definition) is 1. The van der Waals surface area contributed by atoms with Gasteiger partial charge in [-0.15, -0.1) is 0 Å². The lowest BCUT2D eigenvalue weighted by Gasteiger charge is -2.27. The largest absolute Gasteiger partial charge is 0.358 e. The summed E-state index contributed by atoms with van der Waals surface area (Å²) in [5, 5.41) is 1.11. The summed E-state index contributed by atoms with van der Waals surface area (Å²) in [7, 11) is -0.970. The molecule has 0 amide bonds. The van der Waals surface area contributed by atoms with Crippen molar-refractivity contribution in [3.8, 4) is 0 Å². The summed E-state index contributed by atoms with van der Waals surface area (Å²) in [6.45, 7) is 1.17. The van der Waals surface area contributed by atoms with Crippen molar-refractivity contribution in [3.05, 3.63) is 29.5 Å². The Morgan fingerprint density at radius 1 is 1.21 bits per heavy atom. The number of sulfone groups is 1. The first kappa shape index (κ1) is 16.2. The molecule has 1 aliphatic carbocycles. The van der Waals surface area contributed by atoms with Gasteiger partial charge in [0.15, 0.2) is 9.84 Å². The number of nitrogens with zero attached hydrogens (tertiary/aromatic N) is 1. The number of rotatable bonds is 4. The van der Waals surface area contributed by atoms with Gasteiger partial charge in [-0.3, -0.25) is 0 Å². The first-order valence-electron chi connectivity index (χ1n) is 8.98. The van der Waals surface area contributed by atoms with E-state index >= 15 is 0 Å². The van der Waals surface area contributed by atoms with E-state index in [1.165, 1.54) is 56.2 Å². The molecule has 1 N–H and O–H groups in total. The Morgan fingerprint density at radius 2 is 2.00 bits per heavy atom. The van der Waals surface area contributed by atoms with Crippen LogP contribution in [0.5, 0.6) is 0 Å². The molecule has 2 aromatic rings. The standard InChI is InChI=1S/C19H26N2O2S/c1-21-10-4-7-14(21)11-17-16-12-15(24(2,22)23)8-9-18(16)20-19(17)13-5-3-6-13/h8-9,12-14,20H,3-7,10-11H2,1-2H3/t14-/m1/s1. The molecule has 130 valence electrons. The van der Waals surface area contributed by atoms with Gasteiger partial charge in [0.1, 0.15) is 0 Å². The van der Waals surface area contributed by atoms with Crippen LogP contribution >= 0.6 is 0 Å². The van der Waals surface area contributed by atoms with E-state index < -0.39 is 9.84 Å². The fraction of sp³-hybridized carbons (Fsp3) is 0.579. The highest BCUT2D eigenvalue weighted by Gasteiger charge is 2.29. The zero-order chi connectivity index (χ0) is 16.9. The molecule has 1 aromatic carbocycles. The van der Waals surface area contributed by atoms with Gasteiger partial charge >= 0.3 is 0 Å². The van der Waals surface area contributed by atoms with Crippen LogP contribution in [0.25, 0.3) is 10.9 Å². The van der Waals surface area contributed by atoms with Gasteiger partial charge in [0.2, 0.25) is 0 Å². The Labute approximate surface area is 144 Å². The van der Waals surface area contributed by atoms with Crippen molar-refractivity contribution in [2.75, 3.05) is 19.8 Å². The molecule has 2 heterocycles. The van der Waals surface area contributed by atoms with Crippen molar-refractivity contribution in [2.24, 2.45) is 0 Å². The first-order valence-corrected chi connectivity index (χ1v) is 10.9. The highest BCUT2D eigenvalue weighted by atomic mass is 32.2. The Kier molecular flexibility index (Phi) is 3.96. The number of aromatic nitrogens is 1. The number of likely N-dealkylation sites (N-methyl/N-ethyl adjacent to an activating group) is 1. The number of likely N-dealkylation sites (tertiary alicyclic amines) is 1. The molecule has 1 aliphatic heterocycles. The summed E-state index contributed by atoms with van der Waals surface area (Å²) < 4.78 is 23.9. The number of nitrogens with one attached hydrogen (secondary N) is 1. The van der Waals surface area contributed by atoms with Gasteiger partial charge in [0.25, 0.3) is 0 Å². The van der Waals surface area contributed by atoms with Crippen molar-refractivity contribution < 1.29 is 8.42 Å². The quantitative estimate of drug-likeness (QED) is 0.922. The van der Waals surface area contributed by atoms with E-state index in [1.807, 2.05) is 12.1 Å². The number of hydrogen-bond acceptors (Lipinski definition) is 3. The maximum atomic E-state index is 12.0. The Balaban J connectivity index is 1.82. The molecule has 24 heavy (non-hydrogen) atoms. The van der Waals surface area contributed by atoms with Crippen LogP contribution in [0.2, 0.25) is 0 Å². The molecule has 2 fully saturated rings. The number of benzene rings is 1. The van der Waals surface area contributed by atoms with Crippen LogP contribution in [0.4, 0.5) is 0 Å². The van der Waals surface area contributed by atoms with Gasteiger partial charge in [0, 0.05) is 28.9 Å². The molecular weight excluding hydrogens is 320 g/mol. The highest BCUT2D eigenvalue weighted by Crippen LogP contribution is 2.41. The molecule has 0 spiro atoms. The van der Waals surface area contributed by atoms with E-state index in [1.54, 1.807) is 6.07 Å². The molecule has 1 aromatic heterocycles. The monoisotopic (exact) mass is 346 g/mol. The molecule has 1 saturated heterocycles. The zero-order valence-corrected chi connectivity index (χ0v) is 15.3. The van der Waals surface area contributed by atoms with E-state index in [-0.39, 0.29) is 0 Å². The minimum Gasteiger partial charge on any atom is -0.358 e. The summed E-state index contributed by atoms with van der Waals surface area (Å²) in [6.07, 6.45) is 8.61. The molecule has 0 unspecified atom stereocenters. The predicted octanol–water partition coefficient (Wildman–Crippen LogP) is 3.48. The SMILES string of the molecule is CN1CCC[C@@H]1Cc1c(C2CCC2)[nH]c2ccc(S(C)(=O)=O)cc12. The van der Waals surface area contributed by atoms with Crippen molar-refractivity contribution in [1.29, 1.82) is 0 Å². The Morgan fingerprint density at radius 3 is 2.58 bits per heavy atom. The fourth-order valence-corrected chi connectivity index (χ4v) is 4.86. The molecule has 1 atom stereocenters.